The molecule has 2 rings (SSSR count). The second-order valence-electron chi connectivity index (χ2n) is 4.74. The fourth-order valence-corrected chi connectivity index (χ4v) is 3.08. The Kier molecular flexibility index (Phi) is 5.64. The van der Waals surface area contributed by atoms with E-state index in [0.29, 0.717) is 5.88 Å². The van der Waals surface area contributed by atoms with Crippen LogP contribution in [-0.2, 0) is 32.4 Å². The number of aromatic nitrogens is 2. The Morgan fingerprint density at radius 3 is 2.70 bits per heavy atom. The molecule has 2 aromatic rings. The van der Waals surface area contributed by atoms with Crippen LogP contribution in [0.4, 0.5) is 0 Å². The predicted octanol–water partition coefficient (Wildman–Crippen LogP) is 3.77. The van der Waals surface area contributed by atoms with Crippen LogP contribution in [0.25, 0.3) is 0 Å². The minimum Gasteiger partial charge on any atom is -0.307 e. The summed E-state index contributed by atoms with van der Waals surface area (Å²) in [5, 5.41) is 7.95. The molecular formula is C15H19BrClN3. The van der Waals surface area contributed by atoms with Crippen molar-refractivity contribution in [3.8, 4) is 0 Å². The third-order valence-corrected chi connectivity index (χ3v) is 4.49. The van der Waals surface area contributed by atoms with Crippen LogP contribution in [0.3, 0.4) is 0 Å². The molecule has 0 fully saturated rings. The monoisotopic (exact) mass is 355 g/mol. The summed E-state index contributed by atoms with van der Waals surface area (Å²) in [6.45, 7) is 3.72. The van der Waals surface area contributed by atoms with E-state index in [1.165, 1.54) is 11.3 Å². The summed E-state index contributed by atoms with van der Waals surface area (Å²) in [5.41, 5.74) is 4.68. The number of benzene rings is 1. The highest BCUT2D eigenvalue weighted by Crippen LogP contribution is 2.21. The van der Waals surface area contributed by atoms with Crippen molar-refractivity contribution >= 4 is 27.5 Å². The summed E-state index contributed by atoms with van der Waals surface area (Å²) in [4.78, 5) is 0. The molecule has 108 valence electrons. The standard InChI is InChI=1S/C15H19BrClN3/c1-3-13-15(16)14(20(2)19-13)10-18-9-12-6-4-5-11(7-12)8-17/h4-7,18H,3,8-10H2,1-2H3. The molecule has 0 saturated heterocycles. The largest absolute Gasteiger partial charge is 0.307 e. The van der Waals surface area contributed by atoms with Crippen LogP contribution in [0.15, 0.2) is 28.7 Å². The molecule has 0 saturated carbocycles. The summed E-state index contributed by atoms with van der Waals surface area (Å²) in [6, 6.07) is 8.33. The molecular weight excluding hydrogens is 338 g/mol. The molecule has 0 unspecified atom stereocenters. The molecule has 0 spiro atoms. The van der Waals surface area contributed by atoms with Gasteiger partial charge in [-0.05, 0) is 33.5 Å². The smallest absolute Gasteiger partial charge is 0.0767 e. The van der Waals surface area contributed by atoms with Crippen molar-refractivity contribution in [2.45, 2.75) is 32.3 Å². The Labute approximate surface area is 133 Å². The van der Waals surface area contributed by atoms with Crippen molar-refractivity contribution in [3.05, 3.63) is 51.3 Å². The number of nitrogens with zero attached hydrogens (tertiary/aromatic N) is 2. The van der Waals surface area contributed by atoms with Crippen molar-refractivity contribution in [2.24, 2.45) is 7.05 Å². The van der Waals surface area contributed by atoms with Crippen molar-refractivity contribution in [1.82, 2.24) is 15.1 Å². The first-order valence-corrected chi connectivity index (χ1v) is 8.03. The molecule has 0 bridgehead atoms. The van der Waals surface area contributed by atoms with Crippen LogP contribution in [0.2, 0.25) is 0 Å². The van der Waals surface area contributed by atoms with Gasteiger partial charge >= 0.3 is 0 Å². The number of hydrogen-bond acceptors (Lipinski definition) is 2. The molecule has 0 aliphatic carbocycles. The van der Waals surface area contributed by atoms with E-state index in [1.807, 2.05) is 23.9 Å². The molecule has 1 aromatic carbocycles. The lowest BCUT2D eigenvalue weighted by atomic mass is 10.1. The van der Waals surface area contributed by atoms with E-state index in [0.717, 1.165) is 35.2 Å². The summed E-state index contributed by atoms with van der Waals surface area (Å²) in [5.74, 6) is 0.557. The highest BCUT2D eigenvalue weighted by molar-refractivity contribution is 9.10. The molecule has 20 heavy (non-hydrogen) atoms. The minimum atomic E-state index is 0.557. The zero-order chi connectivity index (χ0) is 14.5. The summed E-state index contributed by atoms with van der Waals surface area (Å²) >= 11 is 9.48. The number of hydrogen-bond donors (Lipinski definition) is 1. The minimum absolute atomic E-state index is 0.557. The van der Waals surface area contributed by atoms with Gasteiger partial charge in [0.15, 0.2) is 0 Å². The van der Waals surface area contributed by atoms with E-state index in [4.69, 9.17) is 11.6 Å². The van der Waals surface area contributed by atoms with Crippen molar-refractivity contribution in [2.75, 3.05) is 0 Å². The fraction of sp³-hybridized carbons (Fsp3) is 0.400. The summed E-state index contributed by atoms with van der Waals surface area (Å²) < 4.78 is 3.05. The molecule has 0 amide bonds. The number of halogens is 2. The van der Waals surface area contributed by atoms with Crippen molar-refractivity contribution in [1.29, 1.82) is 0 Å². The van der Waals surface area contributed by atoms with Gasteiger partial charge in [-0.15, -0.1) is 11.6 Å². The predicted molar refractivity (Wildman–Crippen MR) is 86.8 cm³/mol. The molecule has 0 aliphatic rings. The number of nitrogens with one attached hydrogen (secondary N) is 1. The van der Waals surface area contributed by atoms with E-state index in [2.05, 4.69) is 45.4 Å². The van der Waals surface area contributed by atoms with Crippen LogP contribution in [0.5, 0.6) is 0 Å². The Hall–Kier alpha value is -0.840. The Morgan fingerprint density at radius 2 is 2.05 bits per heavy atom. The zero-order valence-corrected chi connectivity index (χ0v) is 14.1. The van der Waals surface area contributed by atoms with E-state index in [9.17, 15) is 0 Å². The average molecular weight is 357 g/mol. The van der Waals surface area contributed by atoms with Crippen molar-refractivity contribution < 1.29 is 0 Å². The highest BCUT2D eigenvalue weighted by atomic mass is 79.9. The summed E-state index contributed by atoms with van der Waals surface area (Å²) in [6.07, 6.45) is 0.937. The van der Waals surface area contributed by atoms with Gasteiger partial charge in [-0.3, -0.25) is 4.68 Å². The van der Waals surface area contributed by atoms with Gasteiger partial charge in [-0.25, -0.2) is 0 Å². The van der Waals surface area contributed by atoms with E-state index in [-0.39, 0.29) is 0 Å². The number of alkyl halides is 1. The third kappa shape index (κ3) is 3.62. The van der Waals surface area contributed by atoms with Crippen LogP contribution in [0, 0.1) is 0 Å². The van der Waals surface area contributed by atoms with Crippen LogP contribution < -0.4 is 5.32 Å². The molecule has 5 heteroatoms. The lowest BCUT2D eigenvalue weighted by Crippen LogP contribution is -2.15. The molecule has 1 N–H and O–H groups in total. The first-order valence-electron chi connectivity index (χ1n) is 6.70. The first-order chi connectivity index (χ1) is 9.65. The Morgan fingerprint density at radius 1 is 1.30 bits per heavy atom. The maximum atomic E-state index is 5.85. The zero-order valence-electron chi connectivity index (χ0n) is 11.8. The van der Waals surface area contributed by atoms with E-state index in [1.54, 1.807) is 0 Å². The second kappa shape index (κ2) is 7.25. The van der Waals surface area contributed by atoms with Crippen LogP contribution in [0.1, 0.15) is 29.4 Å². The maximum Gasteiger partial charge on any atom is 0.0767 e. The Bertz CT molecular complexity index is 580. The first kappa shape index (κ1) is 15.5. The third-order valence-electron chi connectivity index (χ3n) is 3.27. The SMILES string of the molecule is CCc1nn(C)c(CNCc2cccc(CCl)c2)c1Br. The fourth-order valence-electron chi connectivity index (χ4n) is 2.16. The van der Waals surface area contributed by atoms with Crippen molar-refractivity contribution in [3.63, 3.8) is 0 Å². The van der Waals surface area contributed by atoms with Gasteiger partial charge in [0.25, 0.3) is 0 Å². The van der Waals surface area contributed by atoms with Gasteiger partial charge in [0, 0.05) is 26.0 Å². The normalized spacial score (nSPS) is 11.0. The average Bonchev–Trinajstić information content (AvgIpc) is 2.74. The van der Waals surface area contributed by atoms with E-state index >= 15 is 0 Å². The van der Waals surface area contributed by atoms with E-state index < -0.39 is 0 Å². The molecule has 0 radical (unpaired) electrons. The molecule has 0 atom stereocenters. The molecule has 1 heterocycles. The quantitative estimate of drug-likeness (QED) is 0.798. The lowest BCUT2D eigenvalue weighted by Gasteiger charge is -2.07. The van der Waals surface area contributed by atoms with Gasteiger partial charge in [0.1, 0.15) is 0 Å². The van der Waals surface area contributed by atoms with Crippen LogP contribution >= 0.6 is 27.5 Å². The van der Waals surface area contributed by atoms with Gasteiger partial charge in [-0.1, -0.05) is 31.2 Å². The molecule has 3 nitrogen and oxygen atoms in total. The summed E-state index contributed by atoms with van der Waals surface area (Å²) in [7, 11) is 1.98. The number of aryl methyl sites for hydroxylation is 2. The maximum absolute atomic E-state index is 5.85. The molecule has 1 aromatic heterocycles. The second-order valence-corrected chi connectivity index (χ2v) is 5.80. The van der Waals surface area contributed by atoms with Gasteiger partial charge in [0.2, 0.25) is 0 Å². The van der Waals surface area contributed by atoms with Gasteiger partial charge in [0.05, 0.1) is 15.9 Å². The Balaban J connectivity index is 1.97. The lowest BCUT2D eigenvalue weighted by molar-refractivity contribution is 0.622. The van der Waals surface area contributed by atoms with Crippen LogP contribution in [-0.4, -0.2) is 9.78 Å². The highest BCUT2D eigenvalue weighted by Gasteiger charge is 2.11. The number of rotatable bonds is 6. The topological polar surface area (TPSA) is 29.9 Å². The molecule has 0 aliphatic heterocycles. The van der Waals surface area contributed by atoms with Gasteiger partial charge < -0.3 is 5.32 Å². The van der Waals surface area contributed by atoms with Gasteiger partial charge in [-0.2, -0.15) is 5.10 Å².